The van der Waals surface area contributed by atoms with Gasteiger partial charge in [0.25, 0.3) is 0 Å². The Morgan fingerprint density at radius 1 is 1.22 bits per heavy atom. The second-order valence-electron chi connectivity index (χ2n) is 5.30. The molecule has 4 aromatic rings. The number of aromatic nitrogens is 3. The molecule has 0 aliphatic carbocycles. The van der Waals surface area contributed by atoms with Crippen LogP contribution in [0.25, 0.3) is 21.9 Å². The summed E-state index contributed by atoms with van der Waals surface area (Å²) in [5.41, 5.74) is 2.64. The van der Waals surface area contributed by atoms with Gasteiger partial charge < -0.3 is 9.55 Å². The minimum atomic E-state index is -0.151. The molecule has 0 unspecified atom stereocenters. The van der Waals surface area contributed by atoms with E-state index in [1.807, 2.05) is 59.3 Å². The van der Waals surface area contributed by atoms with Crippen LogP contribution in [0, 0.1) is 0 Å². The van der Waals surface area contributed by atoms with E-state index in [9.17, 15) is 4.79 Å². The summed E-state index contributed by atoms with van der Waals surface area (Å²) in [6.45, 7) is 0.195. The average molecular weight is 325 g/mol. The van der Waals surface area contributed by atoms with E-state index in [0.717, 1.165) is 21.9 Å². The lowest BCUT2D eigenvalue weighted by atomic mass is 10.2. The maximum absolute atomic E-state index is 12.3. The molecule has 0 bridgehead atoms. The molecular weight excluding hydrogens is 312 g/mol. The Labute approximate surface area is 136 Å². The Balaban J connectivity index is 1.56. The van der Waals surface area contributed by atoms with Crippen molar-refractivity contribution in [3.63, 3.8) is 0 Å². The van der Waals surface area contributed by atoms with Crippen molar-refractivity contribution in [1.82, 2.24) is 14.5 Å². The second kappa shape index (κ2) is 5.44. The summed E-state index contributed by atoms with van der Waals surface area (Å²) in [4.78, 5) is 19.7. The van der Waals surface area contributed by atoms with E-state index in [1.54, 1.807) is 0 Å². The van der Waals surface area contributed by atoms with Crippen molar-refractivity contribution in [2.45, 2.75) is 6.54 Å². The molecule has 0 atom stereocenters. The zero-order valence-corrected chi connectivity index (χ0v) is 12.8. The van der Waals surface area contributed by atoms with Crippen LogP contribution in [0.15, 0.2) is 54.7 Å². The third-order valence-electron chi connectivity index (χ3n) is 3.70. The van der Waals surface area contributed by atoms with Crippen LogP contribution in [0.1, 0.15) is 0 Å². The highest BCUT2D eigenvalue weighted by Gasteiger charge is 2.09. The number of aromatic amines is 1. The lowest BCUT2D eigenvalue weighted by molar-refractivity contribution is -0.116. The molecule has 5 nitrogen and oxygen atoms in total. The third kappa shape index (κ3) is 2.66. The molecule has 0 fully saturated rings. The van der Waals surface area contributed by atoms with Gasteiger partial charge in [-0.05, 0) is 35.7 Å². The number of fused-ring (bicyclic) bond motifs is 2. The number of hydrogen-bond acceptors (Lipinski definition) is 2. The van der Waals surface area contributed by atoms with Crippen molar-refractivity contribution < 1.29 is 4.79 Å². The maximum atomic E-state index is 12.3. The van der Waals surface area contributed by atoms with Gasteiger partial charge in [0, 0.05) is 16.7 Å². The first kappa shape index (κ1) is 13.8. The monoisotopic (exact) mass is 324 g/mol. The molecular formula is C17H13ClN4O. The molecule has 2 aromatic heterocycles. The number of anilines is 1. The Kier molecular flexibility index (Phi) is 3.28. The fraction of sp³-hybridized carbons (Fsp3) is 0.0588. The Hall–Kier alpha value is -2.79. The van der Waals surface area contributed by atoms with Crippen molar-refractivity contribution in [1.29, 1.82) is 0 Å². The van der Waals surface area contributed by atoms with Crippen molar-refractivity contribution >= 4 is 45.4 Å². The average Bonchev–Trinajstić information content (AvgIpc) is 3.10. The number of nitrogens with one attached hydrogen (secondary N) is 2. The number of halogens is 1. The minimum absolute atomic E-state index is 0.151. The van der Waals surface area contributed by atoms with Gasteiger partial charge in [-0.15, -0.1) is 0 Å². The first-order chi connectivity index (χ1) is 11.2. The quantitative estimate of drug-likeness (QED) is 0.602. The van der Waals surface area contributed by atoms with Crippen molar-refractivity contribution in [3.8, 4) is 0 Å². The van der Waals surface area contributed by atoms with Crippen molar-refractivity contribution in [2.75, 3.05) is 5.32 Å². The molecule has 0 aliphatic heterocycles. The molecule has 2 N–H and O–H groups in total. The SMILES string of the molecule is O=C(Cn1ccc2ccc(Cl)cc21)Nc1nc2ccccc2[nH]1. The van der Waals surface area contributed by atoms with Crippen LogP contribution in [0.5, 0.6) is 0 Å². The van der Waals surface area contributed by atoms with Gasteiger partial charge in [-0.2, -0.15) is 0 Å². The molecule has 6 heteroatoms. The van der Waals surface area contributed by atoms with Gasteiger partial charge in [-0.1, -0.05) is 29.8 Å². The maximum Gasteiger partial charge on any atom is 0.246 e. The summed E-state index contributed by atoms with van der Waals surface area (Å²) in [6.07, 6.45) is 1.87. The van der Waals surface area contributed by atoms with Crippen molar-refractivity contribution in [3.05, 3.63) is 59.8 Å². The van der Waals surface area contributed by atoms with E-state index in [-0.39, 0.29) is 12.5 Å². The number of rotatable bonds is 3. The van der Waals surface area contributed by atoms with Crippen LogP contribution in [-0.2, 0) is 11.3 Å². The van der Waals surface area contributed by atoms with Gasteiger partial charge in [0.1, 0.15) is 6.54 Å². The molecule has 4 rings (SSSR count). The Bertz CT molecular complexity index is 985. The molecule has 1 amide bonds. The van der Waals surface area contributed by atoms with Gasteiger partial charge in [-0.25, -0.2) is 4.98 Å². The van der Waals surface area contributed by atoms with E-state index in [2.05, 4.69) is 15.3 Å². The number of benzene rings is 2. The minimum Gasteiger partial charge on any atom is -0.338 e. The Morgan fingerprint density at radius 2 is 2.09 bits per heavy atom. The highest BCUT2D eigenvalue weighted by atomic mass is 35.5. The topological polar surface area (TPSA) is 62.7 Å². The zero-order valence-electron chi connectivity index (χ0n) is 12.1. The summed E-state index contributed by atoms with van der Waals surface area (Å²) in [7, 11) is 0. The van der Waals surface area contributed by atoms with E-state index >= 15 is 0 Å². The first-order valence-corrected chi connectivity index (χ1v) is 7.56. The van der Waals surface area contributed by atoms with Gasteiger partial charge in [0.05, 0.1) is 11.0 Å². The third-order valence-corrected chi connectivity index (χ3v) is 3.93. The summed E-state index contributed by atoms with van der Waals surface area (Å²) in [5, 5.41) is 4.48. The molecule has 0 saturated carbocycles. The lowest BCUT2D eigenvalue weighted by Crippen LogP contribution is -2.18. The number of para-hydroxylation sites is 2. The second-order valence-corrected chi connectivity index (χ2v) is 5.73. The summed E-state index contributed by atoms with van der Waals surface area (Å²) < 4.78 is 1.86. The summed E-state index contributed by atoms with van der Waals surface area (Å²) >= 11 is 6.03. The lowest BCUT2D eigenvalue weighted by Gasteiger charge is -2.05. The first-order valence-electron chi connectivity index (χ1n) is 7.18. The molecule has 0 saturated heterocycles. The molecule has 2 heterocycles. The molecule has 23 heavy (non-hydrogen) atoms. The van der Waals surface area contributed by atoms with Gasteiger partial charge in [-0.3, -0.25) is 10.1 Å². The van der Waals surface area contributed by atoms with Gasteiger partial charge in [0.15, 0.2) is 0 Å². The number of amides is 1. The van der Waals surface area contributed by atoms with Crippen LogP contribution in [0.4, 0.5) is 5.95 Å². The number of H-pyrrole nitrogens is 1. The van der Waals surface area contributed by atoms with Gasteiger partial charge >= 0.3 is 0 Å². The summed E-state index contributed by atoms with van der Waals surface area (Å²) in [6, 6.07) is 15.2. The van der Waals surface area contributed by atoms with Crippen LogP contribution in [0.3, 0.4) is 0 Å². The molecule has 2 aromatic carbocycles. The number of carbonyl (C=O) groups excluding carboxylic acids is 1. The van der Waals surface area contributed by atoms with Crippen LogP contribution < -0.4 is 5.32 Å². The largest absolute Gasteiger partial charge is 0.338 e. The highest BCUT2D eigenvalue weighted by molar-refractivity contribution is 6.31. The highest BCUT2D eigenvalue weighted by Crippen LogP contribution is 2.20. The summed E-state index contributed by atoms with van der Waals surface area (Å²) in [5.74, 6) is 0.298. The predicted molar refractivity (Wildman–Crippen MR) is 91.7 cm³/mol. The predicted octanol–water partition coefficient (Wildman–Crippen LogP) is 3.81. The zero-order chi connectivity index (χ0) is 15.8. The molecule has 0 spiro atoms. The van der Waals surface area contributed by atoms with E-state index in [4.69, 9.17) is 11.6 Å². The molecule has 0 radical (unpaired) electrons. The normalized spacial score (nSPS) is 11.2. The number of hydrogen-bond donors (Lipinski definition) is 2. The van der Waals surface area contributed by atoms with E-state index in [1.165, 1.54) is 0 Å². The smallest absolute Gasteiger partial charge is 0.246 e. The van der Waals surface area contributed by atoms with E-state index < -0.39 is 0 Å². The standard InChI is InChI=1S/C17H13ClN4O/c18-12-6-5-11-7-8-22(15(11)9-12)10-16(23)21-17-19-13-3-1-2-4-14(13)20-17/h1-9H,10H2,(H2,19,20,21,23). The van der Waals surface area contributed by atoms with Crippen LogP contribution >= 0.6 is 11.6 Å². The van der Waals surface area contributed by atoms with Crippen molar-refractivity contribution in [2.24, 2.45) is 0 Å². The Morgan fingerprint density at radius 3 is 2.96 bits per heavy atom. The van der Waals surface area contributed by atoms with Crippen LogP contribution in [0.2, 0.25) is 5.02 Å². The number of imidazole rings is 1. The number of nitrogens with zero attached hydrogens (tertiary/aromatic N) is 2. The number of carbonyl (C=O) groups is 1. The van der Waals surface area contributed by atoms with Gasteiger partial charge in [0.2, 0.25) is 11.9 Å². The fourth-order valence-corrected chi connectivity index (χ4v) is 2.80. The van der Waals surface area contributed by atoms with E-state index in [0.29, 0.717) is 11.0 Å². The van der Waals surface area contributed by atoms with Crippen LogP contribution in [-0.4, -0.2) is 20.4 Å². The molecule has 114 valence electrons. The molecule has 0 aliphatic rings. The fourth-order valence-electron chi connectivity index (χ4n) is 2.63.